The Morgan fingerprint density at radius 2 is 1.72 bits per heavy atom. The molecule has 1 N–H and O–H groups in total. The maximum atomic E-state index is 14.6. The van der Waals surface area contributed by atoms with Crippen molar-refractivity contribution < 1.29 is 23.4 Å². The molecule has 1 heterocycles. The van der Waals surface area contributed by atoms with E-state index in [1.165, 1.54) is 39.7 Å². The Morgan fingerprint density at radius 3 is 2.28 bits per heavy atom. The molecular formula is C21H18ClFN2O4. The number of rotatable bonds is 6. The zero-order chi connectivity index (χ0) is 21.0. The second-order valence-corrected chi connectivity index (χ2v) is 6.30. The minimum absolute atomic E-state index is 0.132. The lowest BCUT2D eigenvalue weighted by atomic mass is 10.1. The number of pyridine rings is 1. The number of hydrogen-bond donors (Lipinski definition) is 1. The number of amides is 1. The van der Waals surface area contributed by atoms with Crippen LogP contribution in [0.5, 0.6) is 17.2 Å². The van der Waals surface area contributed by atoms with Crippen LogP contribution in [0.25, 0.3) is 11.3 Å². The Kier molecular flexibility index (Phi) is 6.19. The highest BCUT2D eigenvalue weighted by Gasteiger charge is 2.17. The molecule has 0 unspecified atom stereocenters. The van der Waals surface area contributed by atoms with Crippen LogP contribution in [0.2, 0.25) is 5.02 Å². The summed E-state index contributed by atoms with van der Waals surface area (Å²) in [5.74, 6) is 0.0533. The smallest absolute Gasteiger partial charge is 0.255 e. The SMILES string of the molecule is COc1cc(NC(=O)c2ccc(-c3ncccc3Cl)c(F)c2)cc(OC)c1OC. The number of hydrogen-bond acceptors (Lipinski definition) is 5. The molecule has 3 aromatic rings. The third-order valence-corrected chi connectivity index (χ3v) is 4.47. The van der Waals surface area contributed by atoms with Gasteiger partial charge in [-0.1, -0.05) is 11.6 Å². The first-order chi connectivity index (χ1) is 14.0. The van der Waals surface area contributed by atoms with Gasteiger partial charge in [0.2, 0.25) is 5.75 Å². The second-order valence-electron chi connectivity index (χ2n) is 5.90. The molecule has 150 valence electrons. The van der Waals surface area contributed by atoms with Gasteiger partial charge in [-0.25, -0.2) is 4.39 Å². The molecule has 0 aliphatic rings. The van der Waals surface area contributed by atoms with Gasteiger partial charge in [-0.3, -0.25) is 9.78 Å². The van der Waals surface area contributed by atoms with Gasteiger partial charge in [0.15, 0.2) is 11.5 Å². The third kappa shape index (κ3) is 4.25. The van der Waals surface area contributed by atoms with Crippen molar-refractivity contribution in [3.63, 3.8) is 0 Å². The predicted molar refractivity (Wildman–Crippen MR) is 109 cm³/mol. The molecule has 0 saturated heterocycles. The van der Waals surface area contributed by atoms with E-state index in [1.54, 1.807) is 24.3 Å². The number of nitrogens with zero attached hydrogens (tertiary/aromatic N) is 1. The molecule has 1 amide bonds. The van der Waals surface area contributed by atoms with Gasteiger partial charge in [0, 0.05) is 35.1 Å². The van der Waals surface area contributed by atoms with Crippen LogP contribution < -0.4 is 19.5 Å². The number of nitrogens with one attached hydrogen (secondary N) is 1. The second kappa shape index (κ2) is 8.79. The van der Waals surface area contributed by atoms with Gasteiger partial charge in [-0.2, -0.15) is 0 Å². The molecule has 8 heteroatoms. The van der Waals surface area contributed by atoms with Gasteiger partial charge in [-0.05, 0) is 30.3 Å². The van der Waals surface area contributed by atoms with Crippen molar-refractivity contribution in [1.82, 2.24) is 4.98 Å². The molecule has 0 atom stereocenters. The number of benzene rings is 2. The lowest BCUT2D eigenvalue weighted by Crippen LogP contribution is -2.12. The number of halogens is 2. The minimum Gasteiger partial charge on any atom is -0.493 e. The summed E-state index contributed by atoms with van der Waals surface area (Å²) in [5, 5.41) is 3.01. The number of carbonyl (C=O) groups is 1. The Labute approximate surface area is 172 Å². The van der Waals surface area contributed by atoms with Crippen molar-refractivity contribution in [3.8, 4) is 28.5 Å². The van der Waals surface area contributed by atoms with Crippen LogP contribution in [0, 0.1) is 5.82 Å². The summed E-state index contributed by atoms with van der Waals surface area (Å²) in [6, 6.07) is 10.5. The standard InChI is InChI=1S/C21H18ClFN2O4/c1-27-17-10-13(11-18(28-2)20(17)29-3)25-21(26)12-6-7-14(16(23)9-12)19-15(22)5-4-8-24-19/h4-11H,1-3H3,(H,25,26). The summed E-state index contributed by atoms with van der Waals surface area (Å²) < 4.78 is 30.4. The van der Waals surface area contributed by atoms with Crippen molar-refractivity contribution in [2.75, 3.05) is 26.6 Å². The summed E-state index contributed by atoms with van der Waals surface area (Å²) >= 11 is 6.08. The van der Waals surface area contributed by atoms with E-state index in [9.17, 15) is 9.18 Å². The summed E-state index contributed by atoms with van der Waals surface area (Å²) in [6.07, 6.45) is 1.52. The molecule has 0 radical (unpaired) electrons. The van der Waals surface area contributed by atoms with Crippen LogP contribution in [0.3, 0.4) is 0 Å². The van der Waals surface area contributed by atoms with E-state index in [0.29, 0.717) is 33.7 Å². The zero-order valence-corrected chi connectivity index (χ0v) is 16.7. The van der Waals surface area contributed by atoms with Crippen molar-refractivity contribution in [2.45, 2.75) is 0 Å². The van der Waals surface area contributed by atoms with Crippen LogP contribution in [-0.2, 0) is 0 Å². The van der Waals surface area contributed by atoms with E-state index in [4.69, 9.17) is 25.8 Å². The molecule has 0 aliphatic heterocycles. The topological polar surface area (TPSA) is 69.7 Å². The van der Waals surface area contributed by atoms with Gasteiger partial charge < -0.3 is 19.5 Å². The number of ether oxygens (including phenoxy) is 3. The molecule has 3 rings (SSSR count). The third-order valence-electron chi connectivity index (χ3n) is 4.17. The molecule has 6 nitrogen and oxygen atoms in total. The summed E-state index contributed by atoms with van der Waals surface area (Å²) in [5.41, 5.74) is 1.05. The van der Waals surface area contributed by atoms with E-state index < -0.39 is 11.7 Å². The van der Waals surface area contributed by atoms with E-state index in [2.05, 4.69) is 10.3 Å². The summed E-state index contributed by atoms with van der Waals surface area (Å²) in [6.45, 7) is 0. The van der Waals surface area contributed by atoms with Crippen LogP contribution in [0.4, 0.5) is 10.1 Å². The molecule has 0 spiro atoms. The quantitative estimate of drug-likeness (QED) is 0.624. The van der Waals surface area contributed by atoms with Crippen molar-refractivity contribution in [1.29, 1.82) is 0 Å². The predicted octanol–water partition coefficient (Wildman–Crippen LogP) is 4.82. The molecule has 2 aromatic carbocycles. The van der Waals surface area contributed by atoms with Crippen LogP contribution in [0.15, 0.2) is 48.7 Å². The Morgan fingerprint density at radius 1 is 1.03 bits per heavy atom. The molecular weight excluding hydrogens is 399 g/mol. The molecule has 29 heavy (non-hydrogen) atoms. The fourth-order valence-corrected chi connectivity index (χ4v) is 3.01. The number of anilines is 1. The molecule has 0 fully saturated rings. The largest absolute Gasteiger partial charge is 0.493 e. The maximum absolute atomic E-state index is 14.6. The van der Waals surface area contributed by atoms with Crippen LogP contribution in [-0.4, -0.2) is 32.2 Å². The van der Waals surface area contributed by atoms with E-state index >= 15 is 0 Å². The number of aromatic nitrogens is 1. The number of methoxy groups -OCH3 is 3. The average molecular weight is 417 g/mol. The molecule has 0 bridgehead atoms. The van der Waals surface area contributed by atoms with E-state index in [0.717, 1.165) is 6.07 Å². The fourth-order valence-electron chi connectivity index (χ4n) is 2.79. The van der Waals surface area contributed by atoms with Crippen LogP contribution in [0.1, 0.15) is 10.4 Å². The van der Waals surface area contributed by atoms with Crippen LogP contribution >= 0.6 is 11.6 Å². The molecule has 1 aromatic heterocycles. The first-order valence-electron chi connectivity index (χ1n) is 8.50. The van der Waals surface area contributed by atoms with Gasteiger partial charge in [0.05, 0.1) is 32.0 Å². The van der Waals surface area contributed by atoms with Gasteiger partial charge >= 0.3 is 0 Å². The Balaban J connectivity index is 1.88. The first-order valence-corrected chi connectivity index (χ1v) is 8.88. The zero-order valence-electron chi connectivity index (χ0n) is 16.0. The maximum Gasteiger partial charge on any atom is 0.255 e. The summed E-state index contributed by atoms with van der Waals surface area (Å²) in [4.78, 5) is 16.7. The number of carbonyl (C=O) groups excluding carboxylic acids is 1. The van der Waals surface area contributed by atoms with E-state index in [-0.39, 0.29) is 11.1 Å². The van der Waals surface area contributed by atoms with E-state index in [1.807, 2.05) is 0 Å². The first kappa shape index (κ1) is 20.4. The van der Waals surface area contributed by atoms with Crippen molar-refractivity contribution in [3.05, 3.63) is 65.1 Å². The fraction of sp³-hybridized carbons (Fsp3) is 0.143. The normalized spacial score (nSPS) is 10.4. The lowest BCUT2D eigenvalue weighted by molar-refractivity contribution is 0.102. The van der Waals surface area contributed by atoms with Gasteiger partial charge in [0.25, 0.3) is 5.91 Å². The Bertz CT molecular complexity index is 1030. The average Bonchev–Trinajstić information content (AvgIpc) is 2.73. The molecule has 0 saturated carbocycles. The summed E-state index contributed by atoms with van der Waals surface area (Å²) in [7, 11) is 4.43. The highest BCUT2D eigenvalue weighted by molar-refractivity contribution is 6.33. The monoisotopic (exact) mass is 416 g/mol. The highest BCUT2D eigenvalue weighted by atomic mass is 35.5. The van der Waals surface area contributed by atoms with Crippen molar-refractivity contribution >= 4 is 23.2 Å². The lowest BCUT2D eigenvalue weighted by Gasteiger charge is -2.15. The highest BCUT2D eigenvalue weighted by Crippen LogP contribution is 2.40. The minimum atomic E-state index is -0.608. The van der Waals surface area contributed by atoms with Crippen molar-refractivity contribution in [2.24, 2.45) is 0 Å². The van der Waals surface area contributed by atoms with Gasteiger partial charge in [-0.15, -0.1) is 0 Å². The van der Waals surface area contributed by atoms with Gasteiger partial charge in [0.1, 0.15) is 5.82 Å². The molecule has 0 aliphatic carbocycles. The Hall–Kier alpha value is -3.32.